The van der Waals surface area contributed by atoms with E-state index in [4.69, 9.17) is 18.5 Å². The van der Waals surface area contributed by atoms with Crippen molar-refractivity contribution >= 4 is 32.7 Å². The van der Waals surface area contributed by atoms with Gasteiger partial charge in [0.2, 0.25) is 0 Å². The smallest absolute Gasteiger partial charge is 0.444 e. The third kappa shape index (κ3) is 7.07. The summed E-state index contributed by atoms with van der Waals surface area (Å²) >= 11 is 0. The third-order valence-corrected chi connectivity index (χ3v) is 11.5. The normalized spacial score (nSPS) is 18.4. The van der Waals surface area contributed by atoms with Gasteiger partial charge >= 0.3 is 13.2 Å². The predicted molar refractivity (Wildman–Crippen MR) is 139 cm³/mol. The summed E-state index contributed by atoms with van der Waals surface area (Å²) < 4.78 is 24.3. The van der Waals surface area contributed by atoms with Crippen LogP contribution in [0.25, 0.3) is 0 Å². The number of carbonyl (C=O) groups is 1. The van der Waals surface area contributed by atoms with Gasteiger partial charge in [0, 0.05) is 12.3 Å². The highest BCUT2D eigenvalue weighted by atomic mass is 28.4. The first-order valence-electron chi connectivity index (χ1n) is 11.9. The van der Waals surface area contributed by atoms with Crippen LogP contribution >= 0.6 is 0 Å². The van der Waals surface area contributed by atoms with Crippen LogP contribution in [0.3, 0.4) is 0 Å². The zero-order valence-corrected chi connectivity index (χ0v) is 23.8. The van der Waals surface area contributed by atoms with Crippen LogP contribution in [0, 0.1) is 0 Å². The lowest BCUT2D eigenvalue weighted by Crippen LogP contribution is -2.41. The predicted octanol–water partition coefficient (Wildman–Crippen LogP) is 5.90. The molecule has 1 aromatic rings. The highest BCUT2D eigenvalue weighted by Gasteiger charge is 2.51. The fourth-order valence-corrected chi connectivity index (χ4v) is 4.16. The van der Waals surface area contributed by atoms with Gasteiger partial charge in [0.1, 0.15) is 5.60 Å². The molecular weight excluding hydrogens is 433 g/mol. The standard InChI is InChI=1S/C25H44BNO5Si/c1-22(2,3)30-21(28)27-20-14-13-19(26-31-24(7,8)25(9,10)32-26)17-18(20)15-16-29-33(11,12)23(4,5)6/h13-14,17H,15-16H2,1-12H3,(H,27,28). The van der Waals surface area contributed by atoms with Crippen LogP contribution in [-0.4, -0.2) is 44.9 Å². The zero-order chi connectivity index (χ0) is 25.5. The Labute approximate surface area is 202 Å². The molecule has 1 amide bonds. The van der Waals surface area contributed by atoms with Crippen molar-refractivity contribution < 1.29 is 23.3 Å². The molecule has 0 bridgehead atoms. The molecular formula is C25H44BNO5Si. The SMILES string of the molecule is CC(C)(C)OC(=O)Nc1ccc(B2OC(C)(C)C(C)(C)O2)cc1CCO[Si](C)(C)C(C)(C)C. The van der Waals surface area contributed by atoms with Crippen LogP contribution in [0.5, 0.6) is 0 Å². The first kappa shape index (κ1) is 27.9. The Morgan fingerprint density at radius 1 is 1.03 bits per heavy atom. The Hall–Kier alpha value is -1.35. The van der Waals surface area contributed by atoms with Crippen molar-refractivity contribution in [2.75, 3.05) is 11.9 Å². The Morgan fingerprint density at radius 2 is 1.58 bits per heavy atom. The van der Waals surface area contributed by atoms with Gasteiger partial charge in [-0.15, -0.1) is 0 Å². The molecule has 186 valence electrons. The lowest BCUT2D eigenvalue weighted by molar-refractivity contribution is 0.00578. The van der Waals surface area contributed by atoms with E-state index in [0.717, 1.165) is 11.0 Å². The van der Waals surface area contributed by atoms with E-state index >= 15 is 0 Å². The Balaban J connectivity index is 2.28. The number of nitrogens with one attached hydrogen (secondary N) is 1. The van der Waals surface area contributed by atoms with Crippen molar-refractivity contribution in [1.82, 2.24) is 0 Å². The monoisotopic (exact) mass is 477 g/mol. The van der Waals surface area contributed by atoms with Crippen molar-refractivity contribution in [2.45, 2.75) is 111 Å². The van der Waals surface area contributed by atoms with Crippen molar-refractivity contribution in [3.63, 3.8) is 0 Å². The lowest BCUT2D eigenvalue weighted by atomic mass is 9.78. The molecule has 1 fully saturated rings. The Kier molecular flexibility index (Phi) is 7.91. The molecule has 1 heterocycles. The molecule has 1 aliphatic heterocycles. The topological polar surface area (TPSA) is 66.0 Å². The molecule has 0 saturated carbocycles. The summed E-state index contributed by atoms with van der Waals surface area (Å²) in [6.45, 7) is 25.5. The molecule has 0 unspecified atom stereocenters. The molecule has 0 atom stereocenters. The second-order valence-electron chi connectivity index (χ2n) is 12.5. The fourth-order valence-electron chi connectivity index (χ4n) is 3.11. The van der Waals surface area contributed by atoms with Gasteiger partial charge in [-0.3, -0.25) is 5.32 Å². The molecule has 6 nitrogen and oxygen atoms in total. The van der Waals surface area contributed by atoms with Crippen LogP contribution in [0.2, 0.25) is 18.1 Å². The average molecular weight is 478 g/mol. The van der Waals surface area contributed by atoms with Gasteiger partial charge < -0.3 is 18.5 Å². The minimum absolute atomic E-state index is 0.134. The summed E-state index contributed by atoms with van der Waals surface area (Å²) in [7, 11) is -2.35. The number of amides is 1. The minimum Gasteiger partial charge on any atom is -0.444 e. The number of benzene rings is 1. The van der Waals surface area contributed by atoms with Gasteiger partial charge in [-0.25, -0.2) is 4.79 Å². The molecule has 8 heteroatoms. The van der Waals surface area contributed by atoms with Crippen LogP contribution in [-0.2, 0) is 24.9 Å². The summed E-state index contributed by atoms with van der Waals surface area (Å²) in [5.41, 5.74) is 1.19. The van der Waals surface area contributed by atoms with Gasteiger partial charge in [0.15, 0.2) is 8.32 Å². The van der Waals surface area contributed by atoms with E-state index in [2.05, 4.69) is 39.2 Å². The maximum absolute atomic E-state index is 12.4. The molecule has 0 aromatic heterocycles. The van der Waals surface area contributed by atoms with Gasteiger partial charge in [0.05, 0.1) is 11.2 Å². The number of anilines is 1. The number of rotatable bonds is 6. The largest absolute Gasteiger partial charge is 0.494 e. The van der Waals surface area contributed by atoms with Gasteiger partial charge in [-0.1, -0.05) is 32.9 Å². The van der Waals surface area contributed by atoms with Crippen LogP contribution < -0.4 is 10.8 Å². The van der Waals surface area contributed by atoms with Crippen LogP contribution in [0.1, 0.15) is 74.8 Å². The second-order valence-corrected chi connectivity index (χ2v) is 17.3. The number of hydrogen-bond acceptors (Lipinski definition) is 5. The average Bonchev–Trinajstić information content (AvgIpc) is 2.81. The van der Waals surface area contributed by atoms with E-state index in [1.54, 1.807) is 0 Å². The summed E-state index contributed by atoms with van der Waals surface area (Å²) in [6.07, 6.45) is 0.183. The van der Waals surface area contributed by atoms with Gasteiger partial charge in [-0.05, 0) is 90.1 Å². The Morgan fingerprint density at radius 3 is 2.06 bits per heavy atom. The highest BCUT2D eigenvalue weighted by Crippen LogP contribution is 2.38. The Bertz CT molecular complexity index is 839. The van der Waals surface area contributed by atoms with E-state index in [0.29, 0.717) is 18.7 Å². The van der Waals surface area contributed by atoms with Crippen molar-refractivity contribution in [1.29, 1.82) is 0 Å². The number of ether oxygens (including phenoxy) is 1. The fraction of sp³-hybridized carbons (Fsp3) is 0.720. The molecule has 1 saturated heterocycles. The summed E-state index contributed by atoms with van der Waals surface area (Å²) in [4.78, 5) is 12.4. The zero-order valence-electron chi connectivity index (χ0n) is 22.8. The molecule has 0 spiro atoms. The van der Waals surface area contributed by atoms with Gasteiger partial charge in [0.25, 0.3) is 0 Å². The van der Waals surface area contributed by atoms with Crippen LogP contribution in [0.15, 0.2) is 18.2 Å². The maximum Gasteiger partial charge on any atom is 0.494 e. The van der Waals surface area contributed by atoms with Crippen molar-refractivity contribution in [3.8, 4) is 0 Å². The second kappa shape index (κ2) is 9.36. The van der Waals surface area contributed by atoms with Crippen molar-refractivity contribution in [3.05, 3.63) is 23.8 Å². The molecule has 0 radical (unpaired) electrons. The van der Waals surface area contributed by atoms with Crippen LogP contribution in [0.4, 0.5) is 10.5 Å². The molecule has 1 N–H and O–H groups in total. The molecule has 33 heavy (non-hydrogen) atoms. The lowest BCUT2D eigenvalue weighted by Gasteiger charge is -2.36. The molecule has 2 rings (SSSR count). The van der Waals surface area contributed by atoms with E-state index in [-0.39, 0.29) is 5.04 Å². The highest BCUT2D eigenvalue weighted by molar-refractivity contribution is 6.74. The first-order valence-corrected chi connectivity index (χ1v) is 14.8. The van der Waals surface area contributed by atoms with E-state index in [1.807, 2.05) is 66.7 Å². The maximum atomic E-state index is 12.4. The molecule has 1 aromatic carbocycles. The third-order valence-electron chi connectivity index (χ3n) is 6.93. The quantitative estimate of drug-likeness (QED) is 0.517. The van der Waals surface area contributed by atoms with Gasteiger partial charge in [-0.2, -0.15) is 0 Å². The summed E-state index contributed by atoms with van der Waals surface area (Å²) in [5.74, 6) is 0. The number of hydrogen-bond donors (Lipinski definition) is 1. The molecule has 1 aliphatic rings. The van der Waals surface area contributed by atoms with E-state index in [9.17, 15) is 4.79 Å². The van der Waals surface area contributed by atoms with E-state index < -0.39 is 38.3 Å². The number of carbonyl (C=O) groups excluding carboxylic acids is 1. The summed E-state index contributed by atoms with van der Waals surface area (Å²) in [6, 6.07) is 5.88. The first-order chi connectivity index (χ1) is 14.7. The minimum atomic E-state index is -1.88. The summed E-state index contributed by atoms with van der Waals surface area (Å²) in [5, 5.41) is 3.04. The van der Waals surface area contributed by atoms with Crippen molar-refractivity contribution in [2.24, 2.45) is 0 Å². The van der Waals surface area contributed by atoms with E-state index in [1.165, 1.54) is 0 Å². The molecule has 0 aliphatic carbocycles.